The molecule has 0 unspecified atom stereocenters. The molecular weight excluding hydrogens is 206 g/mol. The maximum Gasteiger partial charge on any atom is 0.414 e. The number of carbonyl (C=O) groups is 1. The van der Waals surface area contributed by atoms with Crippen molar-refractivity contribution < 1.29 is 9.53 Å². The molecule has 1 aromatic heterocycles. The van der Waals surface area contributed by atoms with Gasteiger partial charge in [-0.3, -0.25) is 5.32 Å². The molecular formula is C11H11N3O2. The van der Waals surface area contributed by atoms with E-state index in [2.05, 4.69) is 15.3 Å². The van der Waals surface area contributed by atoms with Crippen molar-refractivity contribution in [1.29, 1.82) is 0 Å². The summed E-state index contributed by atoms with van der Waals surface area (Å²) in [4.78, 5) is 17.9. The van der Waals surface area contributed by atoms with Gasteiger partial charge in [-0.15, -0.1) is 0 Å². The van der Waals surface area contributed by atoms with Gasteiger partial charge >= 0.3 is 6.09 Å². The van der Waals surface area contributed by atoms with Crippen LogP contribution < -0.4 is 5.32 Å². The lowest BCUT2D eigenvalue weighted by Crippen LogP contribution is -2.14. The van der Waals surface area contributed by atoms with E-state index >= 15 is 0 Å². The third-order valence-electron chi connectivity index (χ3n) is 1.93. The molecule has 5 nitrogen and oxygen atoms in total. The number of nitrogens with one attached hydrogen (secondary N) is 2. The summed E-state index contributed by atoms with van der Waals surface area (Å²) < 4.78 is 4.99. The first kappa shape index (κ1) is 10.2. The second-order valence-electron chi connectivity index (χ2n) is 3.12. The molecule has 0 spiro atoms. The Bertz CT molecular complexity index is 440. The molecule has 0 saturated carbocycles. The number of carbonyl (C=O) groups excluding carboxylic acids is 1. The second-order valence-corrected chi connectivity index (χ2v) is 3.12. The van der Waals surface area contributed by atoms with Gasteiger partial charge in [-0.25, -0.2) is 9.78 Å². The number of H-pyrrole nitrogens is 1. The van der Waals surface area contributed by atoms with Crippen molar-refractivity contribution in [2.24, 2.45) is 0 Å². The summed E-state index contributed by atoms with van der Waals surface area (Å²) in [5, 5.41) is 2.46. The van der Waals surface area contributed by atoms with Crippen LogP contribution in [0.3, 0.4) is 0 Å². The minimum absolute atomic E-state index is 0.243. The average Bonchev–Trinajstić information content (AvgIpc) is 2.81. The number of benzene rings is 1. The Hall–Kier alpha value is -2.30. The van der Waals surface area contributed by atoms with E-state index in [4.69, 9.17) is 4.74 Å². The summed E-state index contributed by atoms with van der Waals surface area (Å²) in [5.41, 5.74) is 0.942. The molecule has 0 radical (unpaired) electrons. The minimum Gasteiger partial charge on any atom is -0.444 e. The van der Waals surface area contributed by atoms with E-state index in [9.17, 15) is 4.79 Å². The normalized spacial score (nSPS) is 9.75. The third-order valence-corrected chi connectivity index (χ3v) is 1.93. The number of hydrogen-bond donors (Lipinski definition) is 2. The number of amides is 1. The number of anilines is 1. The number of ether oxygens (including phenoxy) is 1. The highest BCUT2D eigenvalue weighted by Gasteiger charge is 2.04. The van der Waals surface area contributed by atoms with Gasteiger partial charge in [0.1, 0.15) is 6.61 Å². The lowest BCUT2D eigenvalue weighted by Gasteiger charge is -2.04. The van der Waals surface area contributed by atoms with Gasteiger partial charge in [0, 0.05) is 12.4 Å². The van der Waals surface area contributed by atoms with Gasteiger partial charge < -0.3 is 9.72 Å². The molecule has 0 atom stereocenters. The minimum atomic E-state index is -0.529. The van der Waals surface area contributed by atoms with Crippen molar-refractivity contribution >= 4 is 12.0 Å². The van der Waals surface area contributed by atoms with Crippen LogP contribution in [0.1, 0.15) is 5.56 Å². The first-order valence-electron chi connectivity index (χ1n) is 4.81. The Morgan fingerprint density at radius 2 is 2.19 bits per heavy atom. The van der Waals surface area contributed by atoms with Gasteiger partial charge in [0.25, 0.3) is 0 Å². The predicted octanol–water partition coefficient (Wildman–Crippen LogP) is 2.16. The van der Waals surface area contributed by atoms with Crippen LogP contribution in [0.2, 0.25) is 0 Å². The fourth-order valence-electron chi connectivity index (χ4n) is 1.19. The molecule has 2 aromatic rings. The van der Waals surface area contributed by atoms with Crippen LogP contribution in [0.5, 0.6) is 0 Å². The number of hydrogen-bond acceptors (Lipinski definition) is 3. The van der Waals surface area contributed by atoms with E-state index in [0.717, 1.165) is 5.56 Å². The van der Waals surface area contributed by atoms with E-state index in [-0.39, 0.29) is 6.61 Å². The Morgan fingerprint density at radius 1 is 1.38 bits per heavy atom. The first-order valence-corrected chi connectivity index (χ1v) is 4.81. The molecule has 1 amide bonds. The van der Waals surface area contributed by atoms with E-state index in [1.54, 1.807) is 12.4 Å². The quantitative estimate of drug-likeness (QED) is 0.827. The lowest BCUT2D eigenvalue weighted by molar-refractivity contribution is 0.155. The van der Waals surface area contributed by atoms with E-state index in [1.807, 2.05) is 30.3 Å². The summed E-state index contributed by atoms with van der Waals surface area (Å²) in [6.07, 6.45) is 2.64. The Labute approximate surface area is 92.5 Å². The van der Waals surface area contributed by atoms with Crippen molar-refractivity contribution in [3.05, 3.63) is 48.3 Å². The smallest absolute Gasteiger partial charge is 0.414 e. The zero-order valence-electron chi connectivity index (χ0n) is 8.51. The first-order chi connectivity index (χ1) is 7.84. The zero-order valence-corrected chi connectivity index (χ0v) is 8.51. The SMILES string of the molecule is O=C(Nc1ncc[nH]1)OCc1ccccc1. The topological polar surface area (TPSA) is 67.0 Å². The average molecular weight is 217 g/mol. The van der Waals surface area contributed by atoms with Crippen molar-refractivity contribution in [2.75, 3.05) is 5.32 Å². The fourth-order valence-corrected chi connectivity index (χ4v) is 1.19. The van der Waals surface area contributed by atoms with Crippen LogP contribution in [0.25, 0.3) is 0 Å². The van der Waals surface area contributed by atoms with Gasteiger partial charge in [-0.05, 0) is 5.56 Å². The third kappa shape index (κ3) is 2.84. The molecule has 16 heavy (non-hydrogen) atoms. The molecule has 0 fully saturated rings. The predicted molar refractivity (Wildman–Crippen MR) is 58.8 cm³/mol. The molecule has 0 aliphatic heterocycles. The number of aromatic nitrogens is 2. The van der Waals surface area contributed by atoms with Crippen LogP contribution in [0.4, 0.5) is 10.7 Å². The molecule has 5 heteroatoms. The summed E-state index contributed by atoms with van der Waals surface area (Å²) in [5.74, 6) is 0.373. The van der Waals surface area contributed by atoms with E-state index in [0.29, 0.717) is 5.95 Å². The van der Waals surface area contributed by atoms with Crippen LogP contribution in [0, 0.1) is 0 Å². The largest absolute Gasteiger partial charge is 0.444 e. The van der Waals surface area contributed by atoms with Gasteiger partial charge in [-0.1, -0.05) is 30.3 Å². The van der Waals surface area contributed by atoms with Gasteiger partial charge in [0.2, 0.25) is 5.95 Å². The van der Waals surface area contributed by atoms with Crippen molar-refractivity contribution in [3.8, 4) is 0 Å². The monoisotopic (exact) mass is 217 g/mol. The summed E-state index contributed by atoms with van der Waals surface area (Å²) in [6, 6.07) is 9.47. The number of rotatable bonds is 3. The van der Waals surface area contributed by atoms with Gasteiger partial charge in [0.15, 0.2) is 0 Å². The van der Waals surface area contributed by atoms with E-state index in [1.165, 1.54) is 0 Å². The number of nitrogens with zero attached hydrogens (tertiary/aromatic N) is 1. The highest BCUT2D eigenvalue weighted by molar-refractivity contribution is 5.82. The maximum absolute atomic E-state index is 11.3. The number of aromatic amines is 1. The standard InChI is InChI=1S/C11H11N3O2/c15-11(14-10-12-6-7-13-10)16-8-9-4-2-1-3-5-9/h1-7H,8H2,(H2,12,13,14,15). The van der Waals surface area contributed by atoms with Gasteiger partial charge in [0.05, 0.1) is 0 Å². The molecule has 2 N–H and O–H groups in total. The molecule has 0 saturated heterocycles. The van der Waals surface area contributed by atoms with E-state index < -0.39 is 6.09 Å². The summed E-state index contributed by atoms with van der Waals surface area (Å²) in [7, 11) is 0. The van der Waals surface area contributed by atoms with Gasteiger partial charge in [-0.2, -0.15) is 0 Å². The zero-order chi connectivity index (χ0) is 11.2. The molecule has 0 aliphatic carbocycles. The molecule has 1 heterocycles. The van der Waals surface area contributed by atoms with Crippen molar-refractivity contribution in [2.45, 2.75) is 6.61 Å². The van der Waals surface area contributed by atoms with Crippen molar-refractivity contribution in [3.63, 3.8) is 0 Å². The Balaban J connectivity index is 1.80. The van der Waals surface area contributed by atoms with Crippen LogP contribution in [0.15, 0.2) is 42.7 Å². The lowest BCUT2D eigenvalue weighted by atomic mass is 10.2. The highest BCUT2D eigenvalue weighted by Crippen LogP contribution is 2.02. The molecule has 82 valence electrons. The summed E-state index contributed by atoms with van der Waals surface area (Å²) in [6.45, 7) is 0.243. The molecule has 1 aromatic carbocycles. The Kier molecular flexibility index (Phi) is 3.18. The molecule has 0 aliphatic rings. The van der Waals surface area contributed by atoms with Crippen LogP contribution >= 0.6 is 0 Å². The highest BCUT2D eigenvalue weighted by atomic mass is 16.5. The van der Waals surface area contributed by atoms with Crippen LogP contribution in [-0.2, 0) is 11.3 Å². The maximum atomic E-state index is 11.3. The fraction of sp³-hybridized carbons (Fsp3) is 0.0909. The molecule has 2 rings (SSSR count). The summed E-state index contributed by atoms with van der Waals surface area (Å²) >= 11 is 0. The Morgan fingerprint density at radius 3 is 2.88 bits per heavy atom. The van der Waals surface area contributed by atoms with Crippen LogP contribution in [-0.4, -0.2) is 16.1 Å². The van der Waals surface area contributed by atoms with Crippen molar-refractivity contribution in [1.82, 2.24) is 9.97 Å². The number of imidazole rings is 1. The molecule has 0 bridgehead atoms. The second kappa shape index (κ2) is 4.97.